The van der Waals surface area contributed by atoms with Crippen molar-refractivity contribution in [1.29, 1.82) is 0 Å². The maximum Gasteiger partial charge on any atom is 0.255 e. The van der Waals surface area contributed by atoms with Gasteiger partial charge >= 0.3 is 0 Å². The van der Waals surface area contributed by atoms with Crippen LogP contribution in [0.1, 0.15) is 34.8 Å². The number of hydrogen-bond acceptors (Lipinski definition) is 4. The summed E-state index contributed by atoms with van der Waals surface area (Å²) in [5.41, 5.74) is 8.01. The van der Waals surface area contributed by atoms with Crippen LogP contribution >= 0.6 is 11.8 Å². The number of nitrogens with one attached hydrogen (secondary N) is 1. The van der Waals surface area contributed by atoms with Gasteiger partial charge in [-0.25, -0.2) is 4.39 Å². The van der Waals surface area contributed by atoms with Crippen LogP contribution < -0.4 is 11.1 Å². The number of thioether (sulfide) groups is 1. The van der Waals surface area contributed by atoms with Gasteiger partial charge in [-0.2, -0.15) is 0 Å². The van der Waals surface area contributed by atoms with E-state index < -0.39 is 0 Å². The first kappa shape index (κ1) is 17.5. The second kappa shape index (κ2) is 6.88. The number of carbonyl (C=O) groups is 1. The van der Waals surface area contributed by atoms with Crippen LogP contribution in [-0.4, -0.2) is 16.8 Å². The molecule has 2 aromatic carbocycles. The Bertz CT molecular complexity index is 835. The summed E-state index contributed by atoms with van der Waals surface area (Å²) in [5.74, 6) is 0.307. The molecule has 0 aliphatic carbocycles. The van der Waals surface area contributed by atoms with E-state index in [0.717, 1.165) is 17.7 Å². The Balaban J connectivity index is 1.76. The zero-order chi connectivity index (χ0) is 18.0. The monoisotopic (exact) mass is 357 g/mol. The molecule has 0 radical (unpaired) electrons. The van der Waals surface area contributed by atoms with Gasteiger partial charge in [0, 0.05) is 17.0 Å². The van der Waals surface area contributed by atoms with Crippen LogP contribution in [-0.2, 0) is 5.54 Å². The second-order valence-corrected chi connectivity index (χ2v) is 7.43. The van der Waals surface area contributed by atoms with Crippen LogP contribution in [0.15, 0.2) is 47.5 Å². The van der Waals surface area contributed by atoms with Gasteiger partial charge in [0.05, 0.1) is 5.54 Å². The van der Waals surface area contributed by atoms with Crippen LogP contribution in [0.25, 0.3) is 0 Å². The Hall–Kier alpha value is -2.34. The third-order valence-electron chi connectivity index (χ3n) is 4.39. The van der Waals surface area contributed by atoms with Crippen molar-refractivity contribution in [3.8, 4) is 0 Å². The minimum atomic E-state index is -0.357. The predicted octanol–water partition coefficient (Wildman–Crippen LogP) is 4.05. The molecule has 1 heterocycles. The first-order chi connectivity index (χ1) is 11.9. The molecule has 6 heteroatoms. The van der Waals surface area contributed by atoms with Crippen LogP contribution in [0.2, 0.25) is 0 Å². The van der Waals surface area contributed by atoms with E-state index in [1.54, 1.807) is 43.0 Å². The number of hydrogen-bond donors (Lipinski definition) is 2. The molecule has 1 aliphatic heterocycles. The van der Waals surface area contributed by atoms with E-state index in [2.05, 4.69) is 10.3 Å². The van der Waals surface area contributed by atoms with Gasteiger partial charge < -0.3 is 11.1 Å². The van der Waals surface area contributed by atoms with Crippen molar-refractivity contribution in [1.82, 2.24) is 0 Å². The van der Waals surface area contributed by atoms with E-state index in [-0.39, 0.29) is 17.3 Å². The number of benzene rings is 2. The maximum absolute atomic E-state index is 13.6. The molecule has 130 valence electrons. The number of amides is 1. The van der Waals surface area contributed by atoms with E-state index in [0.29, 0.717) is 22.0 Å². The molecule has 0 fully saturated rings. The SMILES string of the molecule is Cc1ccc(NC(=O)c2ccc(C3(C)CCSC(N)=N3)cc2)cc1F. The molecule has 1 aliphatic rings. The fourth-order valence-electron chi connectivity index (χ4n) is 2.75. The molecular formula is C19H20FN3OS. The summed E-state index contributed by atoms with van der Waals surface area (Å²) in [7, 11) is 0. The number of nitrogens with zero attached hydrogens (tertiary/aromatic N) is 1. The van der Waals surface area contributed by atoms with Gasteiger partial charge in [0.1, 0.15) is 5.82 Å². The average molecular weight is 357 g/mol. The molecule has 25 heavy (non-hydrogen) atoms. The number of nitrogens with two attached hydrogens (primary N) is 1. The van der Waals surface area contributed by atoms with Gasteiger partial charge in [-0.3, -0.25) is 9.79 Å². The van der Waals surface area contributed by atoms with Crippen LogP contribution in [0, 0.1) is 12.7 Å². The first-order valence-electron chi connectivity index (χ1n) is 8.03. The van der Waals surface area contributed by atoms with Crippen molar-refractivity contribution in [2.75, 3.05) is 11.1 Å². The highest BCUT2D eigenvalue weighted by atomic mass is 32.2. The molecule has 0 spiro atoms. The smallest absolute Gasteiger partial charge is 0.255 e. The lowest BCUT2D eigenvalue weighted by molar-refractivity contribution is 0.102. The predicted molar refractivity (Wildman–Crippen MR) is 102 cm³/mol. The van der Waals surface area contributed by atoms with Gasteiger partial charge in [-0.1, -0.05) is 30.0 Å². The third kappa shape index (κ3) is 3.85. The van der Waals surface area contributed by atoms with Gasteiger partial charge in [-0.05, 0) is 55.7 Å². The molecular weight excluding hydrogens is 337 g/mol. The highest BCUT2D eigenvalue weighted by Gasteiger charge is 2.29. The van der Waals surface area contributed by atoms with Crippen molar-refractivity contribution in [3.63, 3.8) is 0 Å². The number of aryl methyl sites for hydroxylation is 1. The van der Waals surface area contributed by atoms with Crippen molar-refractivity contribution in [2.24, 2.45) is 10.7 Å². The van der Waals surface area contributed by atoms with E-state index in [1.165, 1.54) is 6.07 Å². The lowest BCUT2D eigenvalue weighted by Crippen LogP contribution is -2.28. The lowest BCUT2D eigenvalue weighted by atomic mass is 9.89. The lowest BCUT2D eigenvalue weighted by Gasteiger charge is -2.29. The van der Waals surface area contributed by atoms with E-state index in [4.69, 9.17) is 5.73 Å². The summed E-state index contributed by atoms with van der Waals surface area (Å²) < 4.78 is 13.6. The van der Waals surface area contributed by atoms with E-state index in [9.17, 15) is 9.18 Å². The van der Waals surface area contributed by atoms with Crippen molar-refractivity contribution in [3.05, 3.63) is 65.0 Å². The summed E-state index contributed by atoms with van der Waals surface area (Å²) in [6.45, 7) is 3.73. The summed E-state index contributed by atoms with van der Waals surface area (Å²) in [6, 6.07) is 12.0. The Morgan fingerprint density at radius 2 is 2.00 bits per heavy atom. The quantitative estimate of drug-likeness (QED) is 0.871. The molecule has 2 aromatic rings. The largest absolute Gasteiger partial charge is 0.379 e. The number of anilines is 1. The number of aliphatic imine (C=N–C) groups is 1. The van der Waals surface area contributed by atoms with E-state index >= 15 is 0 Å². The van der Waals surface area contributed by atoms with Gasteiger partial charge in [-0.15, -0.1) is 0 Å². The number of rotatable bonds is 3. The topological polar surface area (TPSA) is 67.5 Å². The molecule has 1 unspecified atom stereocenters. The Kier molecular flexibility index (Phi) is 4.81. The number of carbonyl (C=O) groups excluding carboxylic acids is 1. The van der Waals surface area contributed by atoms with Gasteiger partial charge in [0.2, 0.25) is 0 Å². The van der Waals surface area contributed by atoms with Crippen molar-refractivity contribution >= 4 is 28.5 Å². The van der Waals surface area contributed by atoms with Crippen LogP contribution in [0.5, 0.6) is 0 Å². The molecule has 0 saturated heterocycles. The zero-order valence-electron chi connectivity index (χ0n) is 14.2. The number of amidine groups is 1. The molecule has 4 nitrogen and oxygen atoms in total. The molecule has 0 saturated carbocycles. The second-order valence-electron chi connectivity index (χ2n) is 6.32. The van der Waals surface area contributed by atoms with Gasteiger partial charge in [0.15, 0.2) is 5.17 Å². The Morgan fingerprint density at radius 1 is 1.28 bits per heavy atom. The highest BCUT2D eigenvalue weighted by Crippen LogP contribution is 2.35. The summed E-state index contributed by atoms with van der Waals surface area (Å²) in [4.78, 5) is 16.9. The van der Waals surface area contributed by atoms with Crippen LogP contribution in [0.4, 0.5) is 10.1 Å². The molecule has 0 aromatic heterocycles. The average Bonchev–Trinajstić information content (AvgIpc) is 2.58. The minimum absolute atomic E-state index is 0.276. The fraction of sp³-hybridized carbons (Fsp3) is 0.263. The molecule has 1 atom stereocenters. The summed E-state index contributed by atoms with van der Waals surface area (Å²) >= 11 is 1.56. The highest BCUT2D eigenvalue weighted by molar-refractivity contribution is 8.13. The van der Waals surface area contributed by atoms with Crippen LogP contribution in [0.3, 0.4) is 0 Å². The van der Waals surface area contributed by atoms with Crippen molar-refractivity contribution in [2.45, 2.75) is 25.8 Å². The van der Waals surface area contributed by atoms with Crippen molar-refractivity contribution < 1.29 is 9.18 Å². The molecule has 3 N–H and O–H groups in total. The minimum Gasteiger partial charge on any atom is -0.379 e. The molecule has 3 rings (SSSR count). The maximum atomic E-state index is 13.6. The third-order valence-corrected chi connectivity index (χ3v) is 5.19. The number of halogens is 1. The molecule has 0 bridgehead atoms. The Labute approximate surface area is 150 Å². The molecule has 1 amide bonds. The first-order valence-corrected chi connectivity index (χ1v) is 9.02. The fourth-order valence-corrected chi connectivity index (χ4v) is 3.72. The normalized spacial score (nSPS) is 20.0. The summed E-state index contributed by atoms with van der Waals surface area (Å²) in [5, 5.41) is 3.31. The standard InChI is InChI=1S/C19H20FN3OS/c1-12-3-8-15(11-16(12)20)22-17(24)13-4-6-14(7-5-13)19(2)9-10-25-18(21)23-19/h3-8,11H,9-10H2,1-2H3,(H2,21,23)(H,22,24). The van der Waals surface area contributed by atoms with Gasteiger partial charge in [0.25, 0.3) is 5.91 Å². The Morgan fingerprint density at radius 3 is 2.64 bits per heavy atom. The zero-order valence-corrected chi connectivity index (χ0v) is 15.0. The van der Waals surface area contributed by atoms with E-state index in [1.807, 2.05) is 19.1 Å². The summed E-state index contributed by atoms with van der Waals surface area (Å²) in [6.07, 6.45) is 0.895.